The zero-order chi connectivity index (χ0) is 18.4. The van der Waals surface area contributed by atoms with Gasteiger partial charge in [-0.2, -0.15) is 4.99 Å². The van der Waals surface area contributed by atoms with E-state index in [1.165, 1.54) is 0 Å². The van der Waals surface area contributed by atoms with Gasteiger partial charge in [0, 0.05) is 31.5 Å². The number of likely N-dealkylation sites (tertiary alicyclic amines) is 1. The monoisotopic (exact) mass is 348 g/mol. The van der Waals surface area contributed by atoms with Gasteiger partial charge in [-0.3, -0.25) is 4.79 Å². The van der Waals surface area contributed by atoms with Crippen molar-refractivity contribution in [3.63, 3.8) is 0 Å². The average Bonchev–Trinajstić information content (AvgIpc) is 2.61. The molecule has 1 fully saturated rings. The van der Waals surface area contributed by atoms with Gasteiger partial charge in [0.2, 0.25) is 0 Å². The lowest BCUT2D eigenvalue weighted by Gasteiger charge is -2.34. The molecule has 1 aromatic carbocycles. The van der Waals surface area contributed by atoms with Crippen LogP contribution in [0.3, 0.4) is 0 Å². The van der Waals surface area contributed by atoms with Crippen molar-refractivity contribution >= 4 is 11.9 Å². The summed E-state index contributed by atoms with van der Waals surface area (Å²) >= 11 is 0. The molecule has 0 spiro atoms. The number of quaternary nitrogens is 1. The zero-order valence-electron chi connectivity index (χ0n) is 15.9. The average molecular weight is 348 g/mol. The molecule has 0 radical (unpaired) electrons. The van der Waals surface area contributed by atoms with Crippen LogP contribution in [0.25, 0.3) is 0 Å². The van der Waals surface area contributed by atoms with E-state index in [9.17, 15) is 4.79 Å². The molecule has 138 valence electrons. The highest BCUT2D eigenvalue weighted by Crippen LogP contribution is 2.14. The third-order valence-corrected chi connectivity index (χ3v) is 4.53. The Bertz CT molecular complexity index is 590. The van der Waals surface area contributed by atoms with Crippen molar-refractivity contribution in [1.82, 2.24) is 4.90 Å². The molecular formula is C19H30N3O3+. The highest BCUT2D eigenvalue weighted by Gasteiger charge is 2.27. The summed E-state index contributed by atoms with van der Waals surface area (Å²) in [6, 6.07) is 7.71. The SMILES string of the molecule is COc1ccc(C(=O)N=C(OC(C)C)N(C)C2CC[NH+](C)CC2)cc1. The molecule has 0 bridgehead atoms. The highest BCUT2D eigenvalue weighted by molar-refractivity contribution is 6.01. The smallest absolute Gasteiger partial charge is 0.295 e. The summed E-state index contributed by atoms with van der Waals surface area (Å²) in [5.41, 5.74) is 0.520. The van der Waals surface area contributed by atoms with Crippen molar-refractivity contribution in [2.45, 2.75) is 38.8 Å². The van der Waals surface area contributed by atoms with Gasteiger partial charge in [-0.25, -0.2) is 0 Å². The Morgan fingerprint density at radius 1 is 1.24 bits per heavy atom. The number of carbonyl (C=O) groups excluding carboxylic acids is 1. The molecule has 25 heavy (non-hydrogen) atoms. The van der Waals surface area contributed by atoms with Crippen LogP contribution in [-0.4, -0.2) is 63.3 Å². The molecule has 1 N–H and O–H groups in total. The number of carbonyl (C=O) groups is 1. The van der Waals surface area contributed by atoms with Crippen molar-refractivity contribution < 1.29 is 19.2 Å². The maximum absolute atomic E-state index is 12.5. The molecule has 0 aliphatic carbocycles. The number of rotatable bonds is 4. The summed E-state index contributed by atoms with van der Waals surface area (Å²) in [4.78, 5) is 20.4. The first-order chi connectivity index (χ1) is 11.9. The third-order valence-electron chi connectivity index (χ3n) is 4.53. The molecule has 1 saturated heterocycles. The van der Waals surface area contributed by atoms with Gasteiger partial charge in [-0.05, 0) is 38.1 Å². The van der Waals surface area contributed by atoms with Crippen LogP contribution >= 0.6 is 0 Å². The number of methoxy groups -OCH3 is 1. The van der Waals surface area contributed by atoms with Crippen LogP contribution in [0.2, 0.25) is 0 Å². The van der Waals surface area contributed by atoms with Crippen molar-refractivity contribution in [2.24, 2.45) is 4.99 Å². The fourth-order valence-corrected chi connectivity index (χ4v) is 2.92. The molecule has 0 atom stereocenters. The summed E-state index contributed by atoms with van der Waals surface area (Å²) in [6.45, 7) is 6.13. The number of aliphatic imine (C=N–C) groups is 1. The Labute approximate surface area is 150 Å². The standard InChI is InChI=1S/C19H29N3O3/c1-14(2)25-19(22(4)16-10-12-21(3)13-11-16)20-18(23)15-6-8-17(24-5)9-7-15/h6-9,14,16H,10-13H2,1-5H3/p+1. The van der Waals surface area contributed by atoms with E-state index in [0.29, 0.717) is 23.4 Å². The van der Waals surface area contributed by atoms with Crippen LogP contribution in [0.1, 0.15) is 37.0 Å². The highest BCUT2D eigenvalue weighted by atomic mass is 16.5. The van der Waals surface area contributed by atoms with Crippen LogP contribution in [0.5, 0.6) is 5.75 Å². The van der Waals surface area contributed by atoms with Crippen LogP contribution < -0.4 is 9.64 Å². The van der Waals surface area contributed by atoms with E-state index in [1.807, 2.05) is 25.8 Å². The van der Waals surface area contributed by atoms with E-state index in [1.54, 1.807) is 36.3 Å². The fourth-order valence-electron chi connectivity index (χ4n) is 2.92. The maximum Gasteiger partial charge on any atom is 0.295 e. The van der Waals surface area contributed by atoms with Crippen molar-refractivity contribution in [2.75, 3.05) is 34.3 Å². The molecule has 0 saturated carbocycles. The molecule has 2 rings (SSSR count). The summed E-state index contributed by atoms with van der Waals surface area (Å²) in [5, 5.41) is 0. The van der Waals surface area contributed by atoms with Gasteiger partial charge in [-0.15, -0.1) is 0 Å². The van der Waals surface area contributed by atoms with E-state index >= 15 is 0 Å². The predicted molar refractivity (Wildman–Crippen MR) is 98.4 cm³/mol. The van der Waals surface area contributed by atoms with Crippen LogP contribution in [-0.2, 0) is 4.74 Å². The van der Waals surface area contributed by atoms with Gasteiger partial charge in [0.1, 0.15) is 5.75 Å². The molecule has 0 unspecified atom stereocenters. The van der Waals surface area contributed by atoms with E-state index in [-0.39, 0.29) is 12.0 Å². The number of hydrogen-bond donors (Lipinski definition) is 1. The van der Waals surface area contributed by atoms with E-state index in [0.717, 1.165) is 25.9 Å². The van der Waals surface area contributed by atoms with Crippen LogP contribution in [0, 0.1) is 0 Å². The minimum atomic E-state index is -0.302. The first-order valence-corrected chi connectivity index (χ1v) is 8.88. The maximum atomic E-state index is 12.5. The van der Waals surface area contributed by atoms with E-state index in [2.05, 4.69) is 12.0 Å². The van der Waals surface area contributed by atoms with Crippen molar-refractivity contribution in [3.05, 3.63) is 29.8 Å². The molecule has 1 aliphatic rings. The van der Waals surface area contributed by atoms with Gasteiger partial charge < -0.3 is 19.3 Å². The molecule has 6 heteroatoms. The zero-order valence-corrected chi connectivity index (χ0v) is 15.9. The second-order valence-electron chi connectivity index (χ2n) is 6.89. The number of ether oxygens (including phenoxy) is 2. The van der Waals surface area contributed by atoms with Gasteiger partial charge in [0.05, 0.1) is 33.4 Å². The lowest BCUT2D eigenvalue weighted by molar-refractivity contribution is -0.885. The number of amides is 1. The number of nitrogens with one attached hydrogen (secondary N) is 1. The minimum absolute atomic E-state index is 0.0400. The number of nitrogens with zero attached hydrogens (tertiary/aromatic N) is 2. The third kappa shape index (κ3) is 5.46. The minimum Gasteiger partial charge on any atom is -0.497 e. The first kappa shape index (κ1) is 19.2. The fraction of sp³-hybridized carbons (Fsp3) is 0.579. The Hall–Kier alpha value is -2.08. The summed E-state index contributed by atoms with van der Waals surface area (Å²) in [7, 11) is 5.78. The first-order valence-electron chi connectivity index (χ1n) is 8.88. The number of hydrogen-bond acceptors (Lipinski definition) is 3. The van der Waals surface area contributed by atoms with Gasteiger partial charge in [0.25, 0.3) is 11.9 Å². The molecule has 1 aromatic rings. The molecule has 1 aliphatic heterocycles. The van der Waals surface area contributed by atoms with Gasteiger partial charge in [0.15, 0.2) is 0 Å². The lowest BCUT2D eigenvalue weighted by Crippen LogP contribution is -3.10. The quantitative estimate of drug-likeness (QED) is 0.657. The summed E-state index contributed by atoms with van der Waals surface area (Å²) < 4.78 is 11.0. The van der Waals surface area contributed by atoms with Gasteiger partial charge in [-0.1, -0.05) is 0 Å². The summed E-state index contributed by atoms with van der Waals surface area (Å²) in [6.07, 6.45) is 2.10. The predicted octanol–water partition coefficient (Wildman–Crippen LogP) is 1.23. The second kappa shape index (κ2) is 8.85. The lowest BCUT2D eigenvalue weighted by atomic mass is 10.0. The molecule has 1 heterocycles. The Morgan fingerprint density at radius 2 is 1.84 bits per heavy atom. The molecular weight excluding hydrogens is 318 g/mol. The Balaban J connectivity index is 2.16. The Morgan fingerprint density at radius 3 is 2.36 bits per heavy atom. The number of amidine groups is 1. The normalized spacial score (nSPS) is 21.1. The largest absolute Gasteiger partial charge is 0.497 e. The summed E-state index contributed by atoms with van der Waals surface area (Å²) in [5.74, 6) is 0.411. The molecule has 0 aromatic heterocycles. The van der Waals surface area contributed by atoms with Crippen LogP contribution in [0.4, 0.5) is 0 Å². The molecule has 6 nitrogen and oxygen atoms in total. The van der Waals surface area contributed by atoms with Crippen molar-refractivity contribution in [1.29, 1.82) is 0 Å². The number of piperidine rings is 1. The van der Waals surface area contributed by atoms with E-state index in [4.69, 9.17) is 9.47 Å². The van der Waals surface area contributed by atoms with Crippen LogP contribution in [0.15, 0.2) is 29.3 Å². The number of benzene rings is 1. The molecule has 1 amide bonds. The van der Waals surface area contributed by atoms with E-state index < -0.39 is 0 Å². The second-order valence-corrected chi connectivity index (χ2v) is 6.89. The van der Waals surface area contributed by atoms with Crippen molar-refractivity contribution in [3.8, 4) is 5.75 Å². The van der Waals surface area contributed by atoms with Gasteiger partial charge >= 0.3 is 0 Å². The topological polar surface area (TPSA) is 55.6 Å². The Kier molecular flexibility index (Phi) is 6.82.